The molecular weight excluding hydrogens is 250 g/mol. The number of likely N-dealkylation sites (N-methyl/N-ethyl adjacent to an activating group) is 1. The third-order valence-corrected chi connectivity index (χ3v) is 4.25. The normalized spacial score (nSPS) is 20.6. The van der Waals surface area contributed by atoms with Crippen LogP contribution in [0.25, 0.3) is 5.65 Å². The maximum Gasteiger partial charge on any atom is 0.155 e. The van der Waals surface area contributed by atoms with Gasteiger partial charge in [-0.25, -0.2) is 9.50 Å². The van der Waals surface area contributed by atoms with Crippen LogP contribution in [0.15, 0.2) is 18.3 Å². The molecular formula is C15H23N5. The molecule has 1 aliphatic heterocycles. The van der Waals surface area contributed by atoms with Crippen LogP contribution in [0.2, 0.25) is 0 Å². The van der Waals surface area contributed by atoms with Crippen LogP contribution in [0.5, 0.6) is 0 Å². The Morgan fingerprint density at radius 3 is 3.05 bits per heavy atom. The average Bonchev–Trinajstić information content (AvgIpc) is 2.89. The van der Waals surface area contributed by atoms with Crippen molar-refractivity contribution < 1.29 is 0 Å². The predicted molar refractivity (Wildman–Crippen MR) is 79.5 cm³/mol. The molecule has 1 unspecified atom stereocenters. The Bertz CT molecular complexity index is 577. The molecule has 1 aliphatic rings. The van der Waals surface area contributed by atoms with Crippen molar-refractivity contribution in [1.29, 1.82) is 0 Å². The number of nitrogens with zero attached hydrogens (tertiary/aromatic N) is 4. The van der Waals surface area contributed by atoms with E-state index in [1.165, 1.54) is 25.8 Å². The first kappa shape index (κ1) is 13.5. The Morgan fingerprint density at radius 2 is 2.25 bits per heavy atom. The van der Waals surface area contributed by atoms with Gasteiger partial charge in [0.05, 0.1) is 0 Å². The van der Waals surface area contributed by atoms with E-state index in [0.29, 0.717) is 12.6 Å². The molecule has 0 bridgehead atoms. The summed E-state index contributed by atoms with van der Waals surface area (Å²) in [6.07, 6.45) is 6.84. The van der Waals surface area contributed by atoms with E-state index in [1.54, 1.807) is 0 Å². The van der Waals surface area contributed by atoms with Crippen molar-refractivity contribution in [1.82, 2.24) is 19.5 Å². The number of piperidine rings is 1. The van der Waals surface area contributed by atoms with Crippen molar-refractivity contribution in [3.05, 3.63) is 29.7 Å². The zero-order valence-corrected chi connectivity index (χ0v) is 12.1. The van der Waals surface area contributed by atoms with Crippen molar-refractivity contribution >= 4 is 5.65 Å². The summed E-state index contributed by atoms with van der Waals surface area (Å²) in [5.41, 5.74) is 7.66. The third kappa shape index (κ3) is 2.69. The second-order valence-electron chi connectivity index (χ2n) is 5.55. The van der Waals surface area contributed by atoms with E-state index in [-0.39, 0.29) is 0 Å². The molecule has 0 spiro atoms. The van der Waals surface area contributed by atoms with Crippen LogP contribution in [0, 0.1) is 0 Å². The Balaban J connectivity index is 1.79. The Hall–Kier alpha value is -1.46. The SMILES string of the molecule is CCN1CCCCC1Cc1nc2ccc(CN)cn2n1. The number of rotatable bonds is 4. The third-order valence-electron chi connectivity index (χ3n) is 4.25. The number of nitrogens with two attached hydrogens (primary N) is 1. The van der Waals surface area contributed by atoms with E-state index in [0.717, 1.165) is 30.0 Å². The molecule has 0 saturated carbocycles. The lowest BCUT2D eigenvalue weighted by atomic mass is 9.99. The van der Waals surface area contributed by atoms with Gasteiger partial charge in [-0.3, -0.25) is 0 Å². The molecule has 2 aromatic heterocycles. The summed E-state index contributed by atoms with van der Waals surface area (Å²) in [5.74, 6) is 0.949. The fourth-order valence-corrected chi connectivity index (χ4v) is 3.10. The molecule has 0 aromatic carbocycles. The molecule has 1 saturated heterocycles. The highest BCUT2D eigenvalue weighted by molar-refractivity contribution is 5.38. The molecule has 20 heavy (non-hydrogen) atoms. The molecule has 3 rings (SSSR count). The van der Waals surface area contributed by atoms with E-state index in [2.05, 4.69) is 21.9 Å². The Kier molecular flexibility index (Phi) is 3.98. The summed E-state index contributed by atoms with van der Waals surface area (Å²) in [7, 11) is 0. The van der Waals surface area contributed by atoms with Gasteiger partial charge in [0.25, 0.3) is 0 Å². The van der Waals surface area contributed by atoms with Crippen molar-refractivity contribution in [2.75, 3.05) is 13.1 Å². The van der Waals surface area contributed by atoms with Crippen LogP contribution in [0.4, 0.5) is 0 Å². The maximum atomic E-state index is 5.67. The van der Waals surface area contributed by atoms with E-state index in [4.69, 9.17) is 5.73 Å². The molecule has 1 atom stereocenters. The second kappa shape index (κ2) is 5.89. The summed E-state index contributed by atoms with van der Waals surface area (Å²) in [6, 6.07) is 4.62. The molecule has 1 fully saturated rings. The van der Waals surface area contributed by atoms with Crippen molar-refractivity contribution in [2.24, 2.45) is 5.73 Å². The molecule has 2 N–H and O–H groups in total. The molecule has 5 nitrogen and oxygen atoms in total. The largest absolute Gasteiger partial charge is 0.326 e. The van der Waals surface area contributed by atoms with E-state index < -0.39 is 0 Å². The first-order chi connectivity index (χ1) is 9.80. The highest BCUT2D eigenvalue weighted by Gasteiger charge is 2.22. The topological polar surface area (TPSA) is 59.5 Å². The van der Waals surface area contributed by atoms with Gasteiger partial charge >= 0.3 is 0 Å². The van der Waals surface area contributed by atoms with Gasteiger partial charge in [0.1, 0.15) is 0 Å². The number of fused-ring (bicyclic) bond motifs is 1. The smallest absolute Gasteiger partial charge is 0.155 e. The van der Waals surface area contributed by atoms with Gasteiger partial charge in [0, 0.05) is 25.2 Å². The highest BCUT2D eigenvalue weighted by atomic mass is 15.3. The fraction of sp³-hybridized carbons (Fsp3) is 0.600. The van der Waals surface area contributed by atoms with Crippen LogP contribution in [-0.2, 0) is 13.0 Å². The van der Waals surface area contributed by atoms with Crippen LogP contribution in [0.3, 0.4) is 0 Å². The van der Waals surface area contributed by atoms with Crippen LogP contribution in [0.1, 0.15) is 37.6 Å². The fourth-order valence-electron chi connectivity index (χ4n) is 3.10. The zero-order chi connectivity index (χ0) is 13.9. The average molecular weight is 273 g/mol. The molecule has 108 valence electrons. The second-order valence-corrected chi connectivity index (χ2v) is 5.55. The molecule has 3 heterocycles. The van der Waals surface area contributed by atoms with E-state index in [9.17, 15) is 0 Å². The van der Waals surface area contributed by atoms with Gasteiger partial charge in [0.15, 0.2) is 11.5 Å². The number of likely N-dealkylation sites (tertiary alicyclic amines) is 1. The van der Waals surface area contributed by atoms with Crippen LogP contribution in [-0.4, -0.2) is 38.6 Å². The summed E-state index contributed by atoms with van der Waals surface area (Å²) in [5, 5.41) is 4.61. The van der Waals surface area contributed by atoms with E-state index in [1.807, 2.05) is 22.8 Å². The van der Waals surface area contributed by atoms with Gasteiger partial charge in [-0.1, -0.05) is 19.4 Å². The number of pyridine rings is 1. The molecule has 0 radical (unpaired) electrons. The summed E-state index contributed by atoms with van der Waals surface area (Å²) >= 11 is 0. The number of hydrogen-bond donors (Lipinski definition) is 1. The summed E-state index contributed by atoms with van der Waals surface area (Å²) in [6.45, 7) is 5.11. The highest BCUT2D eigenvalue weighted by Crippen LogP contribution is 2.19. The van der Waals surface area contributed by atoms with E-state index >= 15 is 0 Å². The van der Waals surface area contributed by atoms with Gasteiger partial charge in [0.2, 0.25) is 0 Å². The standard InChI is InChI=1S/C15H23N5/c1-2-19-8-4-3-5-13(19)9-14-17-15-7-6-12(10-16)11-20(15)18-14/h6-7,11,13H,2-5,8-10,16H2,1H3. The Labute approximate surface area is 119 Å². The van der Waals surface area contributed by atoms with Crippen molar-refractivity contribution in [2.45, 2.75) is 45.2 Å². The number of aromatic nitrogens is 3. The molecule has 5 heteroatoms. The van der Waals surface area contributed by atoms with Crippen molar-refractivity contribution in [3.8, 4) is 0 Å². The minimum absolute atomic E-state index is 0.539. The molecule has 0 aliphatic carbocycles. The van der Waals surface area contributed by atoms with Gasteiger partial charge in [-0.2, -0.15) is 5.10 Å². The van der Waals surface area contributed by atoms with Crippen molar-refractivity contribution in [3.63, 3.8) is 0 Å². The number of hydrogen-bond acceptors (Lipinski definition) is 4. The summed E-state index contributed by atoms with van der Waals surface area (Å²) < 4.78 is 1.86. The first-order valence-corrected chi connectivity index (χ1v) is 7.58. The lowest BCUT2D eigenvalue weighted by Gasteiger charge is -2.34. The Morgan fingerprint density at radius 1 is 1.35 bits per heavy atom. The minimum atomic E-state index is 0.539. The molecule has 0 amide bonds. The summed E-state index contributed by atoms with van der Waals surface area (Å²) in [4.78, 5) is 7.19. The van der Waals surface area contributed by atoms with Gasteiger partial charge in [-0.05, 0) is 37.6 Å². The predicted octanol–water partition coefficient (Wildman–Crippen LogP) is 1.60. The first-order valence-electron chi connectivity index (χ1n) is 7.58. The lowest BCUT2D eigenvalue weighted by Crippen LogP contribution is -2.40. The van der Waals surface area contributed by atoms with Crippen LogP contribution >= 0.6 is 0 Å². The molecule has 2 aromatic rings. The zero-order valence-electron chi connectivity index (χ0n) is 12.1. The van der Waals surface area contributed by atoms with Gasteiger partial charge < -0.3 is 10.6 Å². The monoisotopic (exact) mass is 273 g/mol. The quantitative estimate of drug-likeness (QED) is 0.919. The lowest BCUT2D eigenvalue weighted by molar-refractivity contribution is 0.154. The minimum Gasteiger partial charge on any atom is -0.326 e. The maximum absolute atomic E-state index is 5.67. The van der Waals surface area contributed by atoms with Crippen LogP contribution < -0.4 is 5.73 Å². The van der Waals surface area contributed by atoms with Gasteiger partial charge in [-0.15, -0.1) is 0 Å².